The second-order valence-corrected chi connectivity index (χ2v) is 6.51. The fourth-order valence-corrected chi connectivity index (χ4v) is 2.85. The number of hydrogen-bond donors (Lipinski definition) is 2. The third-order valence-electron chi connectivity index (χ3n) is 4.18. The van der Waals surface area contributed by atoms with Crippen molar-refractivity contribution in [3.8, 4) is 0 Å². The summed E-state index contributed by atoms with van der Waals surface area (Å²) in [5, 5.41) is 24.7. The van der Waals surface area contributed by atoms with Crippen LogP contribution in [0.15, 0.2) is 5.16 Å². The van der Waals surface area contributed by atoms with E-state index in [1.165, 1.54) is 11.8 Å². The number of amides is 1. The van der Waals surface area contributed by atoms with Crippen LogP contribution in [0, 0.1) is 5.41 Å². The average molecular weight is 313 g/mol. The quantitative estimate of drug-likeness (QED) is 0.661. The number of aliphatic hydroxyl groups excluding tert-OH is 1. The van der Waals surface area contributed by atoms with Crippen LogP contribution in [0.2, 0.25) is 0 Å². The SMILES string of the molecule is CCC(CC)(CO)CNC(=O)CSc1nnnn1C1CC1. The predicted octanol–water partition coefficient (Wildman–Crippen LogP) is 1.01. The highest BCUT2D eigenvalue weighted by Gasteiger charge is 2.28. The lowest BCUT2D eigenvalue weighted by molar-refractivity contribution is -0.119. The maximum Gasteiger partial charge on any atom is 0.230 e. The van der Waals surface area contributed by atoms with Crippen LogP contribution in [-0.4, -0.2) is 50.1 Å². The Kier molecular flexibility index (Phi) is 5.58. The average Bonchev–Trinajstić information content (AvgIpc) is 3.25. The molecule has 1 fully saturated rings. The molecule has 0 saturated heterocycles. The minimum absolute atomic E-state index is 0.0509. The molecule has 1 aromatic rings. The van der Waals surface area contributed by atoms with Crippen LogP contribution in [0.1, 0.15) is 45.6 Å². The van der Waals surface area contributed by atoms with E-state index in [9.17, 15) is 9.90 Å². The predicted molar refractivity (Wildman–Crippen MR) is 79.9 cm³/mol. The second kappa shape index (κ2) is 7.22. The van der Waals surface area contributed by atoms with Crippen molar-refractivity contribution in [2.24, 2.45) is 5.41 Å². The highest BCUT2D eigenvalue weighted by Crippen LogP contribution is 2.36. The lowest BCUT2D eigenvalue weighted by Gasteiger charge is -2.29. The molecule has 0 spiro atoms. The summed E-state index contributed by atoms with van der Waals surface area (Å²) >= 11 is 1.36. The van der Waals surface area contributed by atoms with Gasteiger partial charge in [-0.1, -0.05) is 25.6 Å². The first kappa shape index (κ1) is 16.2. The normalized spacial score (nSPS) is 15.2. The molecular formula is C13H23N5O2S. The number of tetrazole rings is 1. The summed E-state index contributed by atoms with van der Waals surface area (Å²) in [6, 6.07) is 0.410. The number of nitrogens with zero attached hydrogens (tertiary/aromatic N) is 4. The number of aromatic nitrogens is 4. The van der Waals surface area contributed by atoms with Crippen LogP contribution in [-0.2, 0) is 4.79 Å². The zero-order valence-electron chi connectivity index (χ0n) is 12.6. The van der Waals surface area contributed by atoms with Crippen molar-refractivity contribution in [3.63, 3.8) is 0 Å². The van der Waals surface area contributed by atoms with Gasteiger partial charge in [-0.25, -0.2) is 4.68 Å². The van der Waals surface area contributed by atoms with E-state index in [2.05, 4.69) is 20.8 Å². The first-order valence-electron chi connectivity index (χ1n) is 7.42. The van der Waals surface area contributed by atoms with Crippen molar-refractivity contribution < 1.29 is 9.90 Å². The Morgan fingerprint density at radius 1 is 1.48 bits per heavy atom. The van der Waals surface area contributed by atoms with Gasteiger partial charge in [-0.2, -0.15) is 0 Å². The molecule has 0 aliphatic heterocycles. The van der Waals surface area contributed by atoms with Gasteiger partial charge in [-0.15, -0.1) is 5.10 Å². The molecule has 1 amide bonds. The van der Waals surface area contributed by atoms with E-state index in [1.54, 1.807) is 4.68 Å². The molecule has 1 aliphatic rings. The summed E-state index contributed by atoms with van der Waals surface area (Å²) < 4.78 is 1.80. The molecule has 1 heterocycles. The minimum atomic E-state index is -0.212. The minimum Gasteiger partial charge on any atom is -0.396 e. The molecule has 1 aliphatic carbocycles. The Morgan fingerprint density at radius 3 is 2.76 bits per heavy atom. The van der Waals surface area contributed by atoms with Crippen molar-refractivity contribution in [2.75, 3.05) is 18.9 Å². The Balaban J connectivity index is 1.78. The molecule has 0 radical (unpaired) electrons. The Labute approximate surface area is 128 Å². The van der Waals surface area contributed by atoms with E-state index in [0.29, 0.717) is 23.5 Å². The van der Waals surface area contributed by atoms with Gasteiger partial charge in [0, 0.05) is 12.0 Å². The third kappa shape index (κ3) is 4.16. The van der Waals surface area contributed by atoms with Gasteiger partial charge >= 0.3 is 0 Å². The highest BCUT2D eigenvalue weighted by atomic mass is 32.2. The van der Waals surface area contributed by atoms with Gasteiger partial charge in [0.2, 0.25) is 11.1 Å². The molecule has 7 nitrogen and oxygen atoms in total. The molecule has 0 atom stereocenters. The number of hydrogen-bond acceptors (Lipinski definition) is 6. The largest absolute Gasteiger partial charge is 0.396 e. The smallest absolute Gasteiger partial charge is 0.230 e. The first-order chi connectivity index (χ1) is 10.1. The molecule has 0 unspecified atom stereocenters. The van der Waals surface area contributed by atoms with E-state index < -0.39 is 0 Å². The van der Waals surface area contributed by atoms with Gasteiger partial charge in [0.15, 0.2) is 0 Å². The topological polar surface area (TPSA) is 92.9 Å². The van der Waals surface area contributed by atoms with Gasteiger partial charge < -0.3 is 10.4 Å². The summed E-state index contributed by atoms with van der Waals surface area (Å²) in [6.45, 7) is 4.66. The van der Waals surface area contributed by atoms with Crippen LogP contribution < -0.4 is 5.32 Å². The van der Waals surface area contributed by atoms with Crippen molar-refractivity contribution in [1.82, 2.24) is 25.5 Å². The van der Waals surface area contributed by atoms with E-state index >= 15 is 0 Å². The maximum absolute atomic E-state index is 11.9. The Hall–Kier alpha value is -1.15. The monoisotopic (exact) mass is 313 g/mol. The molecule has 8 heteroatoms. The number of carbonyl (C=O) groups excluding carboxylic acids is 1. The van der Waals surface area contributed by atoms with E-state index in [4.69, 9.17) is 0 Å². The highest BCUT2D eigenvalue weighted by molar-refractivity contribution is 7.99. The van der Waals surface area contributed by atoms with Gasteiger partial charge in [0.1, 0.15) is 0 Å². The molecule has 0 aromatic carbocycles. The number of rotatable bonds is 9. The molecule has 1 saturated carbocycles. The maximum atomic E-state index is 11.9. The summed E-state index contributed by atoms with van der Waals surface area (Å²) in [4.78, 5) is 11.9. The van der Waals surface area contributed by atoms with Gasteiger partial charge in [-0.05, 0) is 36.1 Å². The summed E-state index contributed by atoms with van der Waals surface area (Å²) in [5.74, 6) is 0.243. The lowest BCUT2D eigenvalue weighted by Crippen LogP contribution is -2.40. The molecule has 1 aromatic heterocycles. The summed E-state index contributed by atoms with van der Waals surface area (Å²) in [6.07, 6.45) is 3.90. The molecule has 21 heavy (non-hydrogen) atoms. The van der Waals surface area contributed by atoms with E-state index in [1.807, 2.05) is 13.8 Å². The zero-order valence-corrected chi connectivity index (χ0v) is 13.4. The van der Waals surface area contributed by atoms with Gasteiger partial charge in [-0.3, -0.25) is 4.79 Å². The van der Waals surface area contributed by atoms with Crippen molar-refractivity contribution in [3.05, 3.63) is 0 Å². The number of nitrogens with one attached hydrogen (secondary N) is 1. The first-order valence-corrected chi connectivity index (χ1v) is 8.41. The Bertz CT molecular complexity index is 463. The second-order valence-electron chi connectivity index (χ2n) is 5.57. The van der Waals surface area contributed by atoms with Crippen LogP contribution in [0.25, 0.3) is 0 Å². The van der Waals surface area contributed by atoms with Crippen molar-refractivity contribution in [2.45, 2.75) is 50.7 Å². The van der Waals surface area contributed by atoms with Crippen LogP contribution in [0.4, 0.5) is 0 Å². The van der Waals surface area contributed by atoms with Crippen LogP contribution >= 0.6 is 11.8 Å². The molecular weight excluding hydrogens is 290 g/mol. The third-order valence-corrected chi connectivity index (χ3v) is 5.12. The van der Waals surface area contributed by atoms with Gasteiger partial charge in [0.05, 0.1) is 18.4 Å². The van der Waals surface area contributed by atoms with Crippen molar-refractivity contribution in [1.29, 1.82) is 0 Å². The van der Waals surface area contributed by atoms with Crippen LogP contribution in [0.3, 0.4) is 0 Å². The Morgan fingerprint density at radius 2 is 2.19 bits per heavy atom. The van der Waals surface area contributed by atoms with E-state index in [-0.39, 0.29) is 17.9 Å². The van der Waals surface area contributed by atoms with Crippen LogP contribution in [0.5, 0.6) is 0 Å². The summed E-state index contributed by atoms with van der Waals surface area (Å²) in [7, 11) is 0. The fraction of sp³-hybridized carbons (Fsp3) is 0.846. The number of aliphatic hydroxyl groups is 1. The molecule has 118 valence electrons. The molecule has 2 rings (SSSR count). The number of thioether (sulfide) groups is 1. The lowest BCUT2D eigenvalue weighted by atomic mass is 9.83. The van der Waals surface area contributed by atoms with Gasteiger partial charge in [0.25, 0.3) is 0 Å². The molecule has 0 bridgehead atoms. The summed E-state index contributed by atoms with van der Waals surface area (Å²) in [5.41, 5.74) is -0.212. The zero-order chi connectivity index (χ0) is 15.3. The van der Waals surface area contributed by atoms with E-state index in [0.717, 1.165) is 25.7 Å². The van der Waals surface area contributed by atoms with Crippen molar-refractivity contribution >= 4 is 17.7 Å². The fourth-order valence-electron chi connectivity index (χ4n) is 2.08. The standard InChI is InChI=1S/C13H23N5O2S/c1-3-13(4-2,9-19)8-14-11(20)7-21-12-15-16-17-18(12)10-5-6-10/h10,19H,3-9H2,1-2H3,(H,14,20). The molecule has 2 N–H and O–H groups in total. The number of carbonyl (C=O) groups is 1.